The number of halogens is 1. The SMILES string of the molecule is N#Cc1ccc(F)c2c(C(=O)C(=O)N3CCN(C(=O)c4ccccn4)CC3)c[nH]c12. The van der Waals surface area contributed by atoms with Gasteiger partial charge in [0.1, 0.15) is 17.6 Å². The molecule has 1 fully saturated rings. The van der Waals surface area contributed by atoms with Crippen LogP contribution in [0.5, 0.6) is 0 Å². The Morgan fingerprint density at radius 2 is 1.80 bits per heavy atom. The number of nitrogens with one attached hydrogen (secondary N) is 1. The van der Waals surface area contributed by atoms with Crippen LogP contribution >= 0.6 is 0 Å². The van der Waals surface area contributed by atoms with Gasteiger partial charge in [-0.1, -0.05) is 6.07 Å². The van der Waals surface area contributed by atoms with Crippen molar-refractivity contribution < 1.29 is 18.8 Å². The number of rotatable bonds is 3. The number of hydrogen-bond acceptors (Lipinski definition) is 5. The molecule has 0 bridgehead atoms. The van der Waals surface area contributed by atoms with E-state index in [1.807, 2.05) is 6.07 Å². The zero-order chi connectivity index (χ0) is 21.3. The maximum Gasteiger partial charge on any atom is 0.295 e. The topological polar surface area (TPSA) is 110 Å². The Morgan fingerprint density at radius 1 is 1.07 bits per heavy atom. The number of amides is 2. The third-order valence-electron chi connectivity index (χ3n) is 5.08. The van der Waals surface area contributed by atoms with Crippen molar-refractivity contribution in [3.63, 3.8) is 0 Å². The van der Waals surface area contributed by atoms with Gasteiger partial charge in [-0.2, -0.15) is 5.26 Å². The van der Waals surface area contributed by atoms with Crippen LogP contribution in [0.4, 0.5) is 4.39 Å². The molecule has 1 aliphatic heterocycles. The fraction of sp³-hybridized carbons (Fsp3) is 0.190. The number of piperazine rings is 1. The largest absolute Gasteiger partial charge is 0.359 e. The van der Waals surface area contributed by atoms with Crippen LogP contribution in [-0.2, 0) is 4.79 Å². The van der Waals surface area contributed by atoms with Gasteiger partial charge in [0.15, 0.2) is 0 Å². The molecular formula is C21H16FN5O3. The number of benzene rings is 1. The lowest BCUT2D eigenvalue weighted by Gasteiger charge is -2.34. The quantitative estimate of drug-likeness (QED) is 0.527. The van der Waals surface area contributed by atoms with Gasteiger partial charge in [-0.05, 0) is 24.3 Å². The van der Waals surface area contributed by atoms with Crippen molar-refractivity contribution in [1.82, 2.24) is 19.8 Å². The van der Waals surface area contributed by atoms with Crippen LogP contribution in [0.15, 0.2) is 42.7 Å². The molecule has 0 aliphatic carbocycles. The van der Waals surface area contributed by atoms with Gasteiger partial charge in [-0.25, -0.2) is 4.39 Å². The van der Waals surface area contributed by atoms with Crippen molar-refractivity contribution in [3.8, 4) is 6.07 Å². The number of ketones is 1. The zero-order valence-corrected chi connectivity index (χ0v) is 15.8. The fourth-order valence-electron chi connectivity index (χ4n) is 3.50. The van der Waals surface area contributed by atoms with E-state index in [9.17, 15) is 18.8 Å². The van der Waals surface area contributed by atoms with E-state index in [0.29, 0.717) is 5.69 Å². The number of H-pyrrole nitrogens is 1. The molecule has 0 spiro atoms. The summed E-state index contributed by atoms with van der Waals surface area (Å²) >= 11 is 0. The molecule has 0 saturated carbocycles. The average Bonchev–Trinajstić information content (AvgIpc) is 3.25. The summed E-state index contributed by atoms with van der Waals surface area (Å²) in [6, 6.07) is 9.38. The minimum absolute atomic E-state index is 0.0728. The number of hydrogen-bond donors (Lipinski definition) is 1. The molecule has 1 saturated heterocycles. The number of fused-ring (bicyclic) bond motifs is 1. The number of nitrogens with zero attached hydrogens (tertiary/aromatic N) is 4. The fourth-order valence-corrected chi connectivity index (χ4v) is 3.50. The standard InChI is InChI=1S/C21H16FN5O3/c22-15-5-4-13(11-23)18-17(15)14(12-25-18)19(28)21(30)27-9-7-26(8-10-27)20(29)16-3-1-2-6-24-16/h1-6,12,25H,7-10H2. The second kappa shape index (κ2) is 7.75. The Bertz CT molecular complexity index is 1190. The van der Waals surface area contributed by atoms with Crippen molar-refractivity contribution >= 4 is 28.5 Å². The third-order valence-corrected chi connectivity index (χ3v) is 5.08. The molecule has 4 rings (SSSR count). The van der Waals surface area contributed by atoms with Crippen molar-refractivity contribution in [1.29, 1.82) is 5.26 Å². The molecule has 0 atom stereocenters. The molecule has 3 aromatic rings. The Hall–Kier alpha value is -4.06. The molecule has 3 heterocycles. The molecule has 30 heavy (non-hydrogen) atoms. The average molecular weight is 405 g/mol. The Balaban J connectivity index is 1.49. The minimum Gasteiger partial charge on any atom is -0.359 e. The molecule has 2 amide bonds. The highest BCUT2D eigenvalue weighted by Gasteiger charge is 2.31. The van der Waals surface area contributed by atoms with E-state index in [0.717, 1.165) is 6.07 Å². The molecule has 0 radical (unpaired) electrons. The highest BCUT2D eigenvalue weighted by molar-refractivity contribution is 6.45. The maximum absolute atomic E-state index is 14.3. The zero-order valence-electron chi connectivity index (χ0n) is 15.8. The monoisotopic (exact) mass is 405 g/mol. The third kappa shape index (κ3) is 3.28. The maximum atomic E-state index is 14.3. The van der Waals surface area contributed by atoms with Crippen LogP contribution in [0.3, 0.4) is 0 Å². The number of carbonyl (C=O) groups is 3. The van der Waals surface area contributed by atoms with Crippen LogP contribution in [0.2, 0.25) is 0 Å². The lowest BCUT2D eigenvalue weighted by Crippen LogP contribution is -2.52. The number of nitriles is 1. The first-order chi connectivity index (χ1) is 14.5. The van der Waals surface area contributed by atoms with E-state index < -0.39 is 17.5 Å². The lowest BCUT2D eigenvalue weighted by atomic mass is 10.0. The number of aromatic nitrogens is 2. The predicted octanol–water partition coefficient (Wildman–Crippen LogP) is 1.74. The number of Topliss-reactive ketones (excluding diaryl/α,β-unsaturated/α-hetero) is 1. The highest BCUT2D eigenvalue weighted by Crippen LogP contribution is 2.25. The van der Waals surface area contributed by atoms with Gasteiger partial charge in [0.2, 0.25) is 0 Å². The second-order valence-corrected chi connectivity index (χ2v) is 6.79. The summed E-state index contributed by atoms with van der Waals surface area (Å²) < 4.78 is 14.3. The minimum atomic E-state index is -0.861. The summed E-state index contributed by atoms with van der Waals surface area (Å²) in [5.74, 6) is -2.56. The first kappa shape index (κ1) is 19.3. The molecule has 2 aromatic heterocycles. The van der Waals surface area contributed by atoms with Gasteiger partial charge in [-0.3, -0.25) is 19.4 Å². The Labute approximate surface area is 170 Å². The summed E-state index contributed by atoms with van der Waals surface area (Å²) in [7, 11) is 0. The van der Waals surface area contributed by atoms with Crippen molar-refractivity contribution in [2.45, 2.75) is 0 Å². The van der Waals surface area contributed by atoms with Crippen LogP contribution < -0.4 is 0 Å². The smallest absolute Gasteiger partial charge is 0.295 e. The van der Waals surface area contributed by atoms with Crippen LogP contribution in [-0.4, -0.2) is 63.5 Å². The molecule has 150 valence electrons. The van der Waals surface area contributed by atoms with Gasteiger partial charge in [0, 0.05) is 44.0 Å². The number of aromatic amines is 1. The molecule has 1 aliphatic rings. The van der Waals surface area contributed by atoms with Crippen molar-refractivity contribution in [2.75, 3.05) is 26.2 Å². The molecule has 9 heteroatoms. The first-order valence-corrected chi connectivity index (χ1v) is 9.25. The van der Waals surface area contributed by atoms with Gasteiger partial charge in [0.05, 0.1) is 16.6 Å². The van der Waals surface area contributed by atoms with E-state index in [1.165, 1.54) is 23.4 Å². The summed E-state index contributed by atoms with van der Waals surface area (Å²) in [6.07, 6.45) is 2.78. The molecule has 1 aromatic carbocycles. The highest BCUT2D eigenvalue weighted by atomic mass is 19.1. The van der Waals surface area contributed by atoms with Crippen molar-refractivity contribution in [2.24, 2.45) is 0 Å². The van der Waals surface area contributed by atoms with E-state index >= 15 is 0 Å². The lowest BCUT2D eigenvalue weighted by molar-refractivity contribution is -0.127. The number of pyridine rings is 1. The van der Waals surface area contributed by atoms with E-state index in [1.54, 1.807) is 23.1 Å². The van der Waals surface area contributed by atoms with Crippen LogP contribution in [0.25, 0.3) is 10.9 Å². The van der Waals surface area contributed by atoms with Gasteiger partial charge in [-0.15, -0.1) is 0 Å². The molecule has 8 nitrogen and oxygen atoms in total. The van der Waals surface area contributed by atoms with Crippen LogP contribution in [0, 0.1) is 17.1 Å². The summed E-state index contributed by atoms with van der Waals surface area (Å²) in [4.78, 5) is 47.6. The molecule has 1 N–H and O–H groups in total. The predicted molar refractivity (Wildman–Crippen MR) is 104 cm³/mol. The van der Waals surface area contributed by atoms with E-state index in [4.69, 9.17) is 5.26 Å². The Morgan fingerprint density at radius 3 is 2.47 bits per heavy atom. The van der Waals surface area contributed by atoms with Gasteiger partial charge < -0.3 is 14.8 Å². The Kier molecular flexibility index (Phi) is 4.98. The summed E-state index contributed by atoms with van der Waals surface area (Å²) in [6.45, 7) is 0.874. The summed E-state index contributed by atoms with van der Waals surface area (Å²) in [5, 5.41) is 9.08. The first-order valence-electron chi connectivity index (χ1n) is 9.25. The van der Waals surface area contributed by atoms with E-state index in [-0.39, 0.29) is 54.1 Å². The molecule has 0 unspecified atom stereocenters. The van der Waals surface area contributed by atoms with Crippen molar-refractivity contribution in [3.05, 3.63) is 65.4 Å². The summed E-state index contributed by atoms with van der Waals surface area (Å²) in [5.41, 5.74) is 0.562. The second-order valence-electron chi connectivity index (χ2n) is 6.79. The van der Waals surface area contributed by atoms with E-state index in [2.05, 4.69) is 9.97 Å². The molecular weight excluding hydrogens is 389 g/mol. The normalized spacial score (nSPS) is 13.9. The van der Waals surface area contributed by atoms with Gasteiger partial charge in [0.25, 0.3) is 17.6 Å². The number of carbonyl (C=O) groups excluding carboxylic acids is 3. The van der Waals surface area contributed by atoms with Gasteiger partial charge >= 0.3 is 0 Å². The van der Waals surface area contributed by atoms with Crippen LogP contribution in [0.1, 0.15) is 26.4 Å².